The molecule has 2 N–H and O–H groups in total. The molecule has 1 saturated heterocycles. The largest absolute Gasteiger partial charge is 0.493 e. The quantitative estimate of drug-likeness (QED) is 0.822. The van der Waals surface area contributed by atoms with E-state index in [4.69, 9.17) is 15.2 Å². The van der Waals surface area contributed by atoms with Crippen LogP contribution in [0.15, 0.2) is 18.2 Å². The van der Waals surface area contributed by atoms with Crippen LogP contribution in [0.5, 0.6) is 11.5 Å². The van der Waals surface area contributed by atoms with Crippen molar-refractivity contribution in [2.45, 2.75) is 19.4 Å². The predicted molar refractivity (Wildman–Crippen MR) is 108 cm³/mol. The van der Waals surface area contributed by atoms with E-state index in [9.17, 15) is 4.79 Å². The molecule has 1 amide bonds. The van der Waals surface area contributed by atoms with E-state index in [1.165, 1.54) is 11.3 Å². The SMILES string of the molecule is COc1ccc(-c2nc(C)c(C(=O)N3CC[C@@H](N)C3)s2)cc1OC.Cl.Cl. The number of amides is 1. The van der Waals surface area contributed by atoms with Crippen LogP contribution < -0.4 is 15.2 Å². The van der Waals surface area contributed by atoms with Crippen LogP contribution in [0.1, 0.15) is 21.8 Å². The summed E-state index contributed by atoms with van der Waals surface area (Å²) in [7, 11) is 3.20. The molecule has 1 atom stereocenters. The zero-order valence-corrected chi connectivity index (χ0v) is 17.3. The van der Waals surface area contributed by atoms with Crippen molar-refractivity contribution in [2.24, 2.45) is 5.73 Å². The fourth-order valence-electron chi connectivity index (χ4n) is 2.80. The van der Waals surface area contributed by atoms with Crippen LogP contribution in [-0.2, 0) is 0 Å². The molecule has 9 heteroatoms. The lowest BCUT2D eigenvalue weighted by molar-refractivity contribution is 0.0794. The van der Waals surface area contributed by atoms with Gasteiger partial charge in [-0.05, 0) is 31.5 Å². The Morgan fingerprint density at radius 2 is 1.96 bits per heavy atom. The standard InChI is InChI=1S/C17H21N3O3S.2ClH/c1-10-15(17(21)20-7-6-12(18)9-20)24-16(19-10)11-4-5-13(22-2)14(8-11)23-3;;/h4-5,8,12H,6-7,9,18H2,1-3H3;2*1H/t12-;;/m1../s1. The number of rotatable bonds is 4. The summed E-state index contributed by atoms with van der Waals surface area (Å²) in [5.41, 5.74) is 7.55. The molecular weight excluding hydrogens is 397 g/mol. The lowest BCUT2D eigenvalue weighted by Crippen LogP contribution is -2.31. The van der Waals surface area contributed by atoms with Crippen LogP contribution in [0.3, 0.4) is 0 Å². The number of hydrogen-bond acceptors (Lipinski definition) is 6. The molecule has 0 spiro atoms. The van der Waals surface area contributed by atoms with Gasteiger partial charge in [0.2, 0.25) is 0 Å². The highest BCUT2D eigenvalue weighted by Gasteiger charge is 2.27. The summed E-state index contributed by atoms with van der Waals surface area (Å²) in [4.78, 5) is 19.7. The fraction of sp³-hybridized carbons (Fsp3) is 0.412. The zero-order valence-electron chi connectivity index (χ0n) is 14.9. The summed E-state index contributed by atoms with van der Waals surface area (Å²) in [5.74, 6) is 1.32. The summed E-state index contributed by atoms with van der Waals surface area (Å²) in [6.45, 7) is 3.19. The monoisotopic (exact) mass is 419 g/mol. The Bertz CT molecular complexity index is 770. The van der Waals surface area contributed by atoms with Gasteiger partial charge in [0, 0.05) is 24.7 Å². The third-order valence-electron chi connectivity index (χ3n) is 4.13. The Kier molecular flexibility index (Phi) is 8.15. The van der Waals surface area contributed by atoms with Crippen molar-refractivity contribution >= 4 is 42.1 Å². The highest BCUT2D eigenvalue weighted by molar-refractivity contribution is 7.17. The number of carbonyl (C=O) groups is 1. The van der Waals surface area contributed by atoms with Crippen LogP contribution in [0.2, 0.25) is 0 Å². The maximum Gasteiger partial charge on any atom is 0.265 e. The Balaban J connectivity index is 0.00000169. The number of halogens is 2. The molecule has 1 aromatic carbocycles. The minimum Gasteiger partial charge on any atom is -0.493 e. The average molecular weight is 420 g/mol. The van der Waals surface area contributed by atoms with Gasteiger partial charge in [-0.1, -0.05) is 0 Å². The first-order valence-electron chi connectivity index (χ1n) is 7.78. The van der Waals surface area contributed by atoms with Crippen molar-refractivity contribution < 1.29 is 14.3 Å². The third-order valence-corrected chi connectivity index (χ3v) is 5.33. The van der Waals surface area contributed by atoms with Crippen molar-refractivity contribution in [3.05, 3.63) is 28.8 Å². The second-order valence-electron chi connectivity index (χ2n) is 5.80. The first-order valence-corrected chi connectivity index (χ1v) is 8.59. The molecule has 0 unspecified atom stereocenters. The third kappa shape index (κ3) is 4.40. The molecule has 0 bridgehead atoms. The van der Waals surface area contributed by atoms with E-state index in [1.54, 1.807) is 14.2 Å². The smallest absolute Gasteiger partial charge is 0.265 e. The second kappa shape index (κ2) is 9.41. The summed E-state index contributed by atoms with van der Waals surface area (Å²) in [6.07, 6.45) is 0.853. The molecule has 0 radical (unpaired) electrons. The van der Waals surface area contributed by atoms with Gasteiger partial charge in [0.25, 0.3) is 5.91 Å². The maximum atomic E-state index is 12.7. The lowest BCUT2D eigenvalue weighted by atomic mass is 10.2. The van der Waals surface area contributed by atoms with Crippen LogP contribution in [0.25, 0.3) is 10.6 Å². The molecule has 144 valence electrons. The Morgan fingerprint density at radius 1 is 1.27 bits per heavy atom. The maximum absolute atomic E-state index is 12.7. The number of nitrogens with two attached hydrogens (primary N) is 1. The Morgan fingerprint density at radius 3 is 2.54 bits per heavy atom. The average Bonchev–Trinajstić information content (AvgIpc) is 3.19. The van der Waals surface area contributed by atoms with Gasteiger partial charge in [0.1, 0.15) is 9.88 Å². The summed E-state index contributed by atoms with van der Waals surface area (Å²) < 4.78 is 10.6. The molecule has 1 aliphatic heterocycles. The number of nitrogens with zero attached hydrogens (tertiary/aromatic N) is 2. The molecule has 0 aliphatic carbocycles. The normalized spacial score (nSPS) is 15.8. The number of benzene rings is 1. The van der Waals surface area contributed by atoms with Crippen LogP contribution in [0, 0.1) is 6.92 Å². The first kappa shape index (κ1) is 22.5. The fourth-order valence-corrected chi connectivity index (χ4v) is 3.83. The van der Waals surface area contributed by atoms with Crippen molar-refractivity contribution in [1.29, 1.82) is 0 Å². The van der Waals surface area contributed by atoms with E-state index >= 15 is 0 Å². The van der Waals surface area contributed by atoms with Crippen LogP contribution in [0.4, 0.5) is 0 Å². The van der Waals surface area contributed by atoms with Gasteiger partial charge in [-0.25, -0.2) is 4.98 Å². The topological polar surface area (TPSA) is 77.7 Å². The highest BCUT2D eigenvalue weighted by Crippen LogP contribution is 2.35. The molecule has 2 aromatic rings. The van der Waals surface area contributed by atoms with E-state index in [0.29, 0.717) is 29.5 Å². The van der Waals surface area contributed by atoms with Crippen LogP contribution >= 0.6 is 36.2 Å². The molecule has 0 saturated carbocycles. The number of carbonyl (C=O) groups excluding carboxylic acids is 1. The van der Waals surface area contributed by atoms with Gasteiger partial charge in [0.05, 0.1) is 19.9 Å². The van der Waals surface area contributed by atoms with Crippen molar-refractivity contribution in [2.75, 3.05) is 27.3 Å². The number of thiazole rings is 1. The number of likely N-dealkylation sites (tertiary alicyclic amines) is 1. The highest BCUT2D eigenvalue weighted by atomic mass is 35.5. The number of aromatic nitrogens is 1. The number of methoxy groups -OCH3 is 2. The Hall–Kier alpha value is -1.54. The number of hydrogen-bond donors (Lipinski definition) is 1. The van der Waals surface area contributed by atoms with Crippen molar-refractivity contribution in [1.82, 2.24) is 9.88 Å². The molecule has 1 aliphatic rings. The van der Waals surface area contributed by atoms with E-state index in [0.717, 1.165) is 22.7 Å². The molecule has 3 rings (SSSR count). The van der Waals surface area contributed by atoms with Gasteiger partial charge in [-0.15, -0.1) is 36.2 Å². The van der Waals surface area contributed by atoms with E-state index in [-0.39, 0.29) is 36.8 Å². The number of ether oxygens (including phenoxy) is 2. The summed E-state index contributed by atoms with van der Waals surface area (Å²) >= 11 is 1.40. The first-order chi connectivity index (χ1) is 11.5. The molecular formula is C17H23Cl2N3O3S. The summed E-state index contributed by atoms with van der Waals surface area (Å²) in [5, 5.41) is 0.792. The molecule has 26 heavy (non-hydrogen) atoms. The van der Waals surface area contributed by atoms with Gasteiger partial charge in [-0.2, -0.15) is 0 Å². The summed E-state index contributed by atoms with van der Waals surface area (Å²) in [6, 6.07) is 5.70. The minimum absolute atomic E-state index is 0. The van der Waals surface area contributed by atoms with Gasteiger partial charge in [0.15, 0.2) is 11.5 Å². The molecule has 1 aromatic heterocycles. The Labute approximate surface area is 169 Å². The van der Waals surface area contributed by atoms with E-state index in [2.05, 4.69) is 4.98 Å². The van der Waals surface area contributed by atoms with E-state index in [1.807, 2.05) is 30.0 Å². The predicted octanol–water partition coefficient (Wildman–Crippen LogP) is 3.15. The zero-order chi connectivity index (χ0) is 17.3. The minimum atomic E-state index is 0. The van der Waals surface area contributed by atoms with Gasteiger partial charge < -0.3 is 20.1 Å². The van der Waals surface area contributed by atoms with E-state index < -0.39 is 0 Å². The molecule has 6 nitrogen and oxygen atoms in total. The molecule has 2 heterocycles. The van der Waals surface area contributed by atoms with Crippen LogP contribution in [-0.4, -0.2) is 49.1 Å². The molecule has 1 fully saturated rings. The number of aryl methyl sites for hydroxylation is 1. The van der Waals surface area contributed by atoms with Crippen molar-refractivity contribution in [3.63, 3.8) is 0 Å². The van der Waals surface area contributed by atoms with Gasteiger partial charge in [-0.3, -0.25) is 4.79 Å². The second-order valence-corrected chi connectivity index (χ2v) is 6.80. The lowest BCUT2D eigenvalue weighted by Gasteiger charge is -2.14. The van der Waals surface area contributed by atoms with Gasteiger partial charge >= 0.3 is 0 Å². The van der Waals surface area contributed by atoms with Crippen molar-refractivity contribution in [3.8, 4) is 22.1 Å².